The van der Waals surface area contributed by atoms with Gasteiger partial charge in [0.05, 0.1) is 57.2 Å². The minimum absolute atomic E-state index is 0.0393. The van der Waals surface area contributed by atoms with Crippen molar-refractivity contribution in [3.05, 3.63) is 89.5 Å². The van der Waals surface area contributed by atoms with Crippen molar-refractivity contribution in [3.8, 4) is 11.5 Å². The maximum Gasteiger partial charge on any atom is 0.410 e. The number of unbranched alkanes of at least 4 members (excludes halogenated alkanes) is 1. The Morgan fingerprint density at radius 1 is 0.943 bits per heavy atom. The summed E-state index contributed by atoms with van der Waals surface area (Å²) in [5.41, 5.74) is 3.99. The molecule has 3 atom stereocenters. The fourth-order valence-electron chi connectivity index (χ4n) is 6.75. The summed E-state index contributed by atoms with van der Waals surface area (Å²) < 4.78 is 29.0. The van der Waals surface area contributed by atoms with E-state index in [0.717, 1.165) is 53.4 Å². The summed E-state index contributed by atoms with van der Waals surface area (Å²) in [7, 11) is 3.33. The lowest BCUT2D eigenvalue weighted by Crippen LogP contribution is -2.53. The van der Waals surface area contributed by atoms with Gasteiger partial charge < -0.3 is 38.8 Å². The SMILES string of the molecule is COCCCN1CCOc2ccc(COC3CN(C(=O)OCCCCON(O)O)C(CC(=O)NCc4ccccc4)CC3c3ccc(OC)cc3)cc21. The molecule has 2 aliphatic heterocycles. The third-order valence-electron chi connectivity index (χ3n) is 9.52. The monoisotopic (exact) mass is 736 g/mol. The van der Waals surface area contributed by atoms with Gasteiger partial charge in [-0.2, -0.15) is 0 Å². The minimum Gasteiger partial charge on any atom is -0.497 e. The van der Waals surface area contributed by atoms with E-state index in [1.807, 2.05) is 66.7 Å². The lowest BCUT2D eigenvalue weighted by atomic mass is 9.82. The molecule has 0 aliphatic carbocycles. The summed E-state index contributed by atoms with van der Waals surface area (Å²) in [6.07, 6.45) is 1.35. The Hall–Kier alpha value is -4.44. The zero-order valence-electron chi connectivity index (χ0n) is 30.6. The number of piperidine rings is 1. The van der Waals surface area contributed by atoms with Gasteiger partial charge >= 0.3 is 6.09 Å². The molecule has 2 aliphatic rings. The van der Waals surface area contributed by atoms with E-state index in [9.17, 15) is 9.59 Å². The number of amides is 2. The Morgan fingerprint density at radius 2 is 1.74 bits per heavy atom. The van der Waals surface area contributed by atoms with Gasteiger partial charge in [0.1, 0.15) is 18.1 Å². The summed E-state index contributed by atoms with van der Waals surface area (Å²) in [5, 5.41) is 20.2. The minimum atomic E-state index is -0.544. The van der Waals surface area contributed by atoms with E-state index < -0.39 is 18.2 Å². The molecule has 5 rings (SSSR count). The van der Waals surface area contributed by atoms with E-state index in [1.165, 1.54) is 0 Å². The Labute approximate surface area is 310 Å². The highest BCUT2D eigenvalue weighted by atomic mass is 17.1. The Balaban J connectivity index is 1.34. The van der Waals surface area contributed by atoms with Gasteiger partial charge in [-0.3, -0.25) is 20.0 Å². The van der Waals surface area contributed by atoms with Crippen LogP contribution in [0.5, 0.6) is 11.5 Å². The third kappa shape index (κ3) is 12.0. The van der Waals surface area contributed by atoms with Crippen molar-refractivity contribution in [2.75, 3.05) is 65.2 Å². The van der Waals surface area contributed by atoms with Crippen LogP contribution in [0.4, 0.5) is 10.5 Å². The Bertz CT molecular complexity index is 1560. The van der Waals surface area contributed by atoms with Crippen molar-refractivity contribution in [3.63, 3.8) is 0 Å². The Kier molecular flexibility index (Phi) is 15.5. The van der Waals surface area contributed by atoms with E-state index in [4.69, 9.17) is 34.1 Å². The number of methoxy groups -OCH3 is 2. The van der Waals surface area contributed by atoms with E-state index >= 15 is 0 Å². The van der Waals surface area contributed by atoms with Crippen LogP contribution >= 0.6 is 0 Å². The van der Waals surface area contributed by atoms with Gasteiger partial charge in [-0.25, -0.2) is 4.79 Å². The second kappa shape index (κ2) is 20.7. The maximum absolute atomic E-state index is 13.7. The molecule has 2 heterocycles. The number of likely N-dealkylation sites (tertiary alicyclic amines) is 1. The molecule has 14 heteroatoms. The van der Waals surface area contributed by atoms with Crippen molar-refractivity contribution in [2.45, 2.75) is 63.3 Å². The van der Waals surface area contributed by atoms with Crippen molar-refractivity contribution in [2.24, 2.45) is 0 Å². The number of nitrogens with zero attached hydrogens (tertiary/aromatic N) is 3. The first-order chi connectivity index (χ1) is 25.8. The second-order valence-electron chi connectivity index (χ2n) is 13.1. The number of nitrogens with one attached hydrogen (secondary N) is 1. The fraction of sp³-hybridized carbons (Fsp3) is 0.487. The van der Waals surface area contributed by atoms with Crippen LogP contribution in [-0.4, -0.2) is 105 Å². The van der Waals surface area contributed by atoms with E-state index in [2.05, 4.69) is 21.1 Å². The number of carbonyl (C=O) groups excluding carboxylic acids is 2. The molecule has 2 amide bonds. The van der Waals surface area contributed by atoms with E-state index in [1.54, 1.807) is 19.1 Å². The predicted octanol–water partition coefficient (Wildman–Crippen LogP) is 5.31. The average Bonchev–Trinajstić information content (AvgIpc) is 3.18. The van der Waals surface area contributed by atoms with Crippen molar-refractivity contribution in [1.29, 1.82) is 0 Å². The number of hydrogen-bond acceptors (Lipinski definition) is 12. The standard InChI is InChI=1S/C39H52N4O10/c1-48-19-8-17-41-18-22-50-36-16-11-30(23-35(36)41)28-52-37-27-42(39(45)51-20-6-7-21-53-43(46)47)32(24-34(37)31-12-14-33(49-2)15-13-31)25-38(44)40-26-29-9-4-3-5-10-29/h3-5,9-16,23,32,34,37,46-47H,6-8,17-22,24-28H2,1-2H3,(H,40,44). The Morgan fingerprint density at radius 3 is 2.49 bits per heavy atom. The zero-order chi connectivity index (χ0) is 37.4. The maximum atomic E-state index is 13.7. The van der Waals surface area contributed by atoms with Crippen molar-refractivity contribution in [1.82, 2.24) is 15.6 Å². The summed E-state index contributed by atoms with van der Waals surface area (Å²) in [6.45, 7) is 3.95. The first-order valence-electron chi connectivity index (χ1n) is 18.1. The molecule has 1 fully saturated rings. The van der Waals surface area contributed by atoms with Crippen LogP contribution < -0.4 is 19.7 Å². The van der Waals surface area contributed by atoms with Crippen LogP contribution in [0.2, 0.25) is 0 Å². The van der Waals surface area contributed by atoms with Gasteiger partial charge in [-0.05, 0) is 66.6 Å². The van der Waals surface area contributed by atoms with Gasteiger partial charge in [0, 0.05) is 45.2 Å². The quantitative estimate of drug-likeness (QED) is 0.108. The van der Waals surface area contributed by atoms with Gasteiger partial charge in [0.15, 0.2) is 0 Å². The number of rotatable bonds is 19. The summed E-state index contributed by atoms with van der Waals surface area (Å²) in [5.74, 6) is 1.25. The second-order valence-corrected chi connectivity index (χ2v) is 13.1. The number of carbonyl (C=O) groups is 2. The molecule has 0 saturated carbocycles. The summed E-state index contributed by atoms with van der Waals surface area (Å²) in [6, 6.07) is 23.1. The van der Waals surface area contributed by atoms with E-state index in [-0.39, 0.29) is 43.4 Å². The normalized spacial score (nSPS) is 18.3. The molecule has 3 aromatic rings. The van der Waals surface area contributed by atoms with Gasteiger partial charge in [-0.1, -0.05) is 48.5 Å². The fourth-order valence-corrected chi connectivity index (χ4v) is 6.75. The zero-order valence-corrected chi connectivity index (χ0v) is 30.6. The van der Waals surface area contributed by atoms with Crippen LogP contribution in [-0.2, 0) is 37.0 Å². The molecule has 1 saturated heterocycles. The summed E-state index contributed by atoms with van der Waals surface area (Å²) in [4.78, 5) is 35.6. The molecule has 0 radical (unpaired) electrons. The molecular weight excluding hydrogens is 684 g/mol. The third-order valence-corrected chi connectivity index (χ3v) is 9.52. The smallest absolute Gasteiger partial charge is 0.410 e. The number of anilines is 1. The molecular formula is C39H52N4O10. The highest BCUT2D eigenvalue weighted by Gasteiger charge is 2.41. The van der Waals surface area contributed by atoms with Crippen molar-refractivity contribution < 1.29 is 48.5 Å². The molecule has 0 spiro atoms. The molecule has 3 aromatic carbocycles. The molecule has 14 nitrogen and oxygen atoms in total. The predicted molar refractivity (Wildman–Crippen MR) is 195 cm³/mol. The van der Waals surface area contributed by atoms with Gasteiger partial charge in [-0.15, -0.1) is 0 Å². The highest BCUT2D eigenvalue weighted by molar-refractivity contribution is 5.78. The molecule has 0 aromatic heterocycles. The van der Waals surface area contributed by atoms with Crippen LogP contribution in [0.25, 0.3) is 0 Å². The lowest BCUT2D eigenvalue weighted by molar-refractivity contribution is -0.492. The highest BCUT2D eigenvalue weighted by Crippen LogP contribution is 2.38. The number of hydrogen-bond donors (Lipinski definition) is 3. The van der Waals surface area contributed by atoms with Crippen LogP contribution in [0.3, 0.4) is 0 Å². The number of ether oxygens (including phenoxy) is 5. The van der Waals surface area contributed by atoms with Crippen LogP contribution in [0, 0.1) is 0 Å². The molecule has 3 N–H and O–H groups in total. The van der Waals surface area contributed by atoms with Gasteiger partial charge in [0.25, 0.3) is 0 Å². The van der Waals surface area contributed by atoms with Gasteiger partial charge in [0.2, 0.25) is 5.91 Å². The largest absolute Gasteiger partial charge is 0.497 e. The number of benzene rings is 3. The topological polar surface area (TPSA) is 152 Å². The molecule has 288 valence electrons. The molecule has 0 bridgehead atoms. The number of fused-ring (bicyclic) bond motifs is 1. The first-order valence-corrected chi connectivity index (χ1v) is 18.1. The molecule has 53 heavy (non-hydrogen) atoms. The lowest BCUT2D eigenvalue weighted by Gasteiger charge is -2.43. The van der Waals surface area contributed by atoms with Crippen LogP contribution in [0.1, 0.15) is 54.7 Å². The first kappa shape index (κ1) is 39.8. The van der Waals surface area contributed by atoms with E-state index in [0.29, 0.717) is 45.6 Å². The molecule has 3 unspecified atom stereocenters. The summed E-state index contributed by atoms with van der Waals surface area (Å²) >= 11 is 0. The van der Waals surface area contributed by atoms with Crippen LogP contribution in [0.15, 0.2) is 72.8 Å². The van der Waals surface area contributed by atoms with Crippen molar-refractivity contribution >= 4 is 17.7 Å². The average molecular weight is 737 g/mol.